The van der Waals surface area contributed by atoms with Crippen LogP contribution in [-0.4, -0.2) is 30.6 Å². The summed E-state index contributed by atoms with van der Waals surface area (Å²) in [6, 6.07) is 0. The molecule has 0 atom stereocenters. The van der Waals surface area contributed by atoms with Crippen molar-refractivity contribution in [3.05, 3.63) is 11.1 Å². The zero-order valence-corrected chi connectivity index (χ0v) is 14.0. The number of anilines is 1. The van der Waals surface area contributed by atoms with Crippen LogP contribution in [-0.2, 0) is 16.0 Å². The number of ether oxygens (including phenoxy) is 1. The third-order valence-corrected chi connectivity index (χ3v) is 3.56. The summed E-state index contributed by atoms with van der Waals surface area (Å²) >= 11 is 1.61. The maximum Gasteiger partial charge on any atom is 0.311 e. The van der Waals surface area contributed by atoms with Crippen molar-refractivity contribution in [1.82, 2.24) is 4.98 Å². The topological polar surface area (TPSA) is 42.4 Å². The third-order valence-electron chi connectivity index (χ3n) is 2.61. The molecule has 0 bridgehead atoms. The van der Waals surface area contributed by atoms with Gasteiger partial charge in [0, 0.05) is 18.5 Å². The van der Waals surface area contributed by atoms with Crippen LogP contribution >= 0.6 is 11.3 Å². The van der Waals surface area contributed by atoms with Gasteiger partial charge in [-0.15, -0.1) is 11.3 Å². The molecule has 0 aliphatic heterocycles. The van der Waals surface area contributed by atoms with Crippen LogP contribution in [0, 0.1) is 11.8 Å². The summed E-state index contributed by atoms with van der Waals surface area (Å²) in [5.41, 5.74) is 0.806. The van der Waals surface area contributed by atoms with Crippen molar-refractivity contribution in [3.8, 4) is 0 Å². The van der Waals surface area contributed by atoms with Gasteiger partial charge in [-0.1, -0.05) is 27.7 Å². The van der Waals surface area contributed by atoms with Crippen molar-refractivity contribution in [2.24, 2.45) is 11.8 Å². The molecule has 1 rings (SSSR count). The van der Waals surface area contributed by atoms with Gasteiger partial charge in [-0.2, -0.15) is 0 Å². The Bertz CT molecular complexity index is 406. The molecule has 1 aromatic rings. The van der Waals surface area contributed by atoms with E-state index in [1.165, 1.54) is 0 Å². The fourth-order valence-electron chi connectivity index (χ4n) is 1.99. The summed E-state index contributed by atoms with van der Waals surface area (Å²) in [6.07, 6.45) is 0.265. The molecule has 0 spiro atoms. The van der Waals surface area contributed by atoms with Gasteiger partial charge >= 0.3 is 5.97 Å². The number of esters is 1. The van der Waals surface area contributed by atoms with E-state index >= 15 is 0 Å². The fourth-order valence-corrected chi connectivity index (χ4v) is 2.84. The summed E-state index contributed by atoms with van der Waals surface area (Å²) in [5.74, 6) is 0.973. The van der Waals surface area contributed by atoms with Gasteiger partial charge in [0.05, 0.1) is 18.7 Å². The molecule has 0 unspecified atom stereocenters. The van der Waals surface area contributed by atoms with E-state index in [0.717, 1.165) is 23.9 Å². The van der Waals surface area contributed by atoms with Crippen LogP contribution in [0.15, 0.2) is 5.38 Å². The van der Waals surface area contributed by atoms with E-state index in [-0.39, 0.29) is 12.4 Å². The van der Waals surface area contributed by atoms with E-state index < -0.39 is 0 Å². The molecule has 1 heterocycles. The van der Waals surface area contributed by atoms with Gasteiger partial charge in [-0.05, 0) is 18.8 Å². The molecule has 5 heteroatoms. The highest BCUT2D eigenvalue weighted by Gasteiger charge is 2.15. The van der Waals surface area contributed by atoms with Gasteiger partial charge < -0.3 is 9.64 Å². The summed E-state index contributed by atoms with van der Waals surface area (Å²) in [4.78, 5) is 18.4. The van der Waals surface area contributed by atoms with Crippen molar-refractivity contribution in [1.29, 1.82) is 0 Å². The quantitative estimate of drug-likeness (QED) is 0.690. The van der Waals surface area contributed by atoms with Gasteiger partial charge in [0.25, 0.3) is 0 Å². The molecule has 0 saturated carbocycles. The molecule has 0 N–H and O–H groups in total. The molecule has 0 amide bonds. The molecule has 0 radical (unpaired) electrons. The number of hydrogen-bond acceptors (Lipinski definition) is 5. The highest BCUT2D eigenvalue weighted by molar-refractivity contribution is 7.13. The number of aromatic nitrogens is 1. The van der Waals surface area contributed by atoms with Gasteiger partial charge in [0.1, 0.15) is 0 Å². The summed E-state index contributed by atoms with van der Waals surface area (Å²) in [5, 5.41) is 2.96. The Morgan fingerprint density at radius 1 is 1.30 bits per heavy atom. The Morgan fingerprint density at radius 3 is 2.40 bits per heavy atom. The molecule has 0 fully saturated rings. The second kappa shape index (κ2) is 8.25. The maximum absolute atomic E-state index is 11.5. The van der Waals surface area contributed by atoms with Gasteiger partial charge in [0.2, 0.25) is 0 Å². The molecule has 20 heavy (non-hydrogen) atoms. The average molecular weight is 298 g/mol. The van der Waals surface area contributed by atoms with Crippen LogP contribution in [0.25, 0.3) is 0 Å². The first-order valence-electron chi connectivity index (χ1n) is 7.27. The predicted molar refractivity (Wildman–Crippen MR) is 84.3 cm³/mol. The Labute approximate surface area is 126 Å². The molecule has 0 aliphatic carbocycles. The first-order valence-corrected chi connectivity index (χ1v) is 8.15. The number of carbonyl (C=O) groups is 1. The summed E-state index contributed by atoms with van der Waals surface area (Å²) in [6.45, 7) is 13.1. The van der Waals surface area contributed by atoms with E-state index in [9.17, 15) is 4.79 Å². The molecule has 114 valence electrons. The van der Waals surface area contributed by atoms with Gasteiger partial charge in [-0.3, -0.25) is 4.79 Å². The van der Waals surface area contributed by atoms with Crippen LogP contribution in [0.2, 0.25) is 0 Å². The standard InChI is InChI=1S/C15H26N2O2S/c1-6-19-14(18)7-13-10-20-15(16-13)17(8-11(2)3)9-12(4)5/h10-12H,6-9H2,1-5H3. The van der Waals surface area contributed by atoms with Crippen LogP contribution in [0.1, 0.15) is 40.3 Å². The van der Waals surface area contributed by atoms with Crippen LogP contribution in [0.3, 0.4) is 0 Å². The number of hydrogen-bond donors (Lipinski definition) is 0. The van der Waals surface area contributed by atoms with Crippen molar-refractivity contribution in [2.75, 3.05) is 24.6 Å². The Balaban J connectivity index is 2.72. The summed E-state index contributed by atoms with van der Waals surface area (Å²) in [7, 11) is 0. The SMILES string of the molecule is CCOC(=O)Cc1csc(N(CC(C)C)CC(C)C)n1. The number of nitrogens with zero attached hydrogens (tertiary/aromatic N) is 2. The molecule has 0 aliphatic rings. The first-order chi connectivity index (χ1) is 9.42. The highest BCUT2D eigenvalue weighted by Crippen LogP contribution is 2.23. The Morgan fingerprint density at radius 2 is 1.90 bits per heavy atom. The largest absolute Gasteiger partial charge is 0.466 e. The van der Waals surface area contributed by atoms with E-state index in [1.54, 1.807) is 11.3 Å². The molecule has 0 saturated heterocycles. The van der Waals surface area contributed by atoms with E-state index in [1.807, 2.05) is 12.3 Å². The molecular formula is C15H26N2O2S. The van der Waals surface area contributed by atoms with Crippen LogP contribution in [0.5, 0.6) is 0 Å². The van der Waals surface area contributed by atoms with Crippen molar-refractivity contribution in [2.45, 2.75) is 41.0 Å². The summed E-state index contributed by atoms with van der Waals surface area (Å²) < 4.78 is 4.96. The minimum absolute atomic E-state index is 0.205. The normalized spacial score (nSPS) is 11.2. The Kier molecular flexibility index (Phi) is 6.99. The zero-order valence-electron chi connectivity index (χ0n) is 13.2. The van der Waals surface area contributed by atoms with E-state index in [0.29, 0.717) is 18.4 Å². The third kappa shape index (κ3) is 5.90. The molecule has 0 aromatic carbocycles. The van der Waals surface area contributed by atoms with E-state index in [4.69, 9.17) is 4.74 Å². The first kappa shape index (κ1) is 17.0. The number of carbonyl (C=O) groups excluding carboxylic acids is 1. The van der Waals surface area contributed by atoms with Crippen molar-refractivity contribution >= 4 is 22.4 Å². The lowest BCUT2D eigenvalue weighted by Crippen LogP contribution is -2.31. The molecular weight excluding hydrogens is 272 g/mol. The van der Waals surface area contributed by atoms with Crippen LogP contribution < -0.4 is 4.90 Å². The highest BCUT2D eigenvalue weighted by atomic mass is 32.1. The minimum atomic E-state index is -0.205. The number of thiazole rings is 1. The smallest absolute Gasteiger partial charge is 0.311 e. The lowest BCUT2D eigenvalue weighted by molar-refractivity contribution is -0.142. The Hall–Kier alpha value is -1.10. The number of rotatable bonds is 8. The van der Waals surface area contributed by atoms with Crippen molar-refractivity contribution in [3.63, 3.8) is 0 Å². The lowest BCUT2D eigenvalue weighted by Gasteiger charge is -2.25. The predicted octanol–water partition coefficient (Wildman–Crippen LogP) is 3.37. The second-order valence-corrected chi connectivity index (χ2v) is 6.63. The van der Waals surface area contributed by atoms with Gasteiger partial charge in [0.15, 0.2) is 5.13 Å². The molecule has 4 nitrogen and oxygen atoms in total. The average Bonchev–Trinajstić information content (AvgIpc) is 2.75. The van der Waals surface area contributed by atoms with Gasteiger partial charge in [-0.25, -0.2) is 4.98 Å². The maximum atomic E-state index is 11.5. The van der Waals surface area contributed by atoms with E-state index in [2.05, 4.69) is 37.6 Å². The van der Waals surface area contributed by atoms with Crippen LogP contribution in [0.4, 0.5) is 5.13 Å². The van der Waals surface area contributed by atoms with Crippen molar-refractivity contribution < 1.29 is 9.53 Å². The monoisotopic (exact) mass is 298 g/mol. The molecule has 1 aromatic heterocycles. The lowest BCUT2D eigenvalue weighted by atomic mass is 10.1. The zero-order chi connectivity index (χ0) is 15.1. The minimum Gasteiger partial charge on any atom is -0.466 e. The fraction of sp³-hybridized carbons (Fsp3) is 0.733. The second-order valence-electron chi connectivity index (χ2n) is 5.80.